The van der Waals surface area contributed by atoms with Crippen molar-refractivity contribution in [2.75, 3.05) is 13.1 Å². The van der Waals surface area contributed by atoms with Gasteiger partial charge in [0.25, 0.3) is 0 Å². The Kier molecular flexibility index (Phi) is 5.07. The van der Waals surface area contributed by atoms with Crippen molar-refractivity contribution in [2.24, 2.45) is 5.92 Å². The van der Waals surface area contributed by atoms with Crippen LogP contribution in [-0.4, -0.2) is 36.1 Å². The van der Waals surface area contributed by atoms with Gasteiger partial charge in [-0.1, -0.05) is 20.8 Å². The molecule has 1 saturated heterocycles. The Labute approximate surface area is 95.4 Å². The average Bonchev–Trinajstić information content (AvgIpc) is 2.19. The number of hydrogen-bond acceptors (Lipinski definition) is 2. The Morgan fingerprint density at radius 2 is 2.00 bits per heavy atom. The molecule has 1 heterocycles. The molecule has 0 amide bonds. The van der Waals surface area contributed by atoms with Crippen LogP contribution < -0.4 is 5.32 Å². The summed E-state index contributed by atoms with van der Waals surface area (Å²) in [5, 5.41) is 3.67. The minimum atomic E-state index is 0.698. The zero-order valence-corrected chi connectivity index (χ0v) is 11.1. The summed E-state index contributed by atoms with van der Waals surface area (Å²) in [4.78, 5) is 2.67. The lowest BCUT2D eigenvalue weighted by Gasteiger charge is -2.42. The van der Waals surface area contributed by atoms with E-state index in [1.165, 1.54) is 19.4 Å². The molecule has 1 aliphatic rings. The number of piperazine rings is 1. The first kappa shape index (κ1) is 13.0. The SMILES string of the molecule is CCC(C)N1CC(CC(C)C)NCC1C. The molecule has 3 unspecified atom stereocenters. The molecule has 1 fully saturated rings. The summed E-state index contributed by atoms with van der Waals surface area (Å²) in [6.07, 6.45) is 2.57. The van der Waals surface area contributed by atoms with Crippen molar-refractivity contribution >= 4 is 0 Å². The van der Waals surface area contributed by atoms with Gasteiger partial charge in [-0.3, -0.25) is 4.90 Å². The molecule has 0 aliphatic carbocycles. The molecule has 1 rings (SSSR count). The van der Waals surface area contributed by atoms with Crippen LogP contribution in [0.4, 0.5) is 0 Å². The van der Waals surface area contributed by atoms with Gasteiger partial charge in [0, 0.05) is 31.2 Å². The Balaban J connectivity index is 2.48. The van der Waals surface area contributed by atoms with Crippen LogP contribution in [0, 0.1) is 5.92 Å². The van der Waals surface area contributed by atoms with Crippen molar-refractivity contribution in [2.45, 2.75) is 65.6 Å². The molecule has 2 heteroatoms. The summed E-state index contributed by atoms with van der Waals surface area (Å²) >= 11 is 0. The monoisotopic (exact) mass is 212 g/mol. The molecule has 0 aromatic heterocycles. The van der Waals surface area contributed by atoms with E-state index in [0.717, 1.165) is 18.5 Å². The van der Waals surface area contributed by atoms with E-state index in [2.05, 4.69) is 44.8 Å². The van der Waals surface area contributed by atoms with E-state index >= 15 is 0 Å². The molecule has 0 aromatic carbocycles. The molecule has 1 N–H and O–H groups in total. The summed E-state index contributed by atoms with van der Waals surface area (Å²) in [5.74, 6) is 0.801. The molecule has 90 valence electrons. The number of nitrogens with zero attached hydrogens (tertiary/aromatic N) is 1. The average molecular weight is 212 g/mol. The third-order valence-corrected chi connectivity index (χ3v) is 3.61. The fraction of sp³-hybridized carbons (Fsp3) is 1.00. The van der Waals surface area contributed by atoms with Gasteiger partial charge >= 0.3 is 0 Å². The summed E-state index contributed by atoms with van der Waals surface area (Å²) in [7, 11) is 0. The molecule has 0 radical (unpaired) electrons. The van der Waals surface area contributed by atoms with Gasteiger partial charge in [-0.25, -0.2) is 0 Å². The van der Waals surface area contributed by atoms with Crippen LogP contribution in [0.3, 0.4) is 0 Å². The van der Waals surface area contributed by atoms with Crippen molar-refractivity contribution in [3.8, 4) is 0 Å². The van der Waals surface area contributed by atoms with Gasteiger partial charge in [0.15, 0.2) is 0 Å². The highest BCUT2D eigenvalue weighted by Crippen LogP contribution is 2.16. The maximum absolute atomic E-state index is 3.67. The highest BCUT2D eigenvalue weighted by molar-refractivity contribution is 4.86. The van der Waals surface area contributed by atoms with E-state index in [1.807, 2.05) is 0 Å². The Hall–Kier alpha value is -0.0800. The fourth-order valence-corrected chi connectivity index (χ4v) is 2.53. The molecule has 0 spiro atoms. The topological polar surface area (TPSA) is 15.3 Å². The van der Waals surface area contributed by atoms with E-state index in [4.69, 9.17) is 0 Å². The zero-order chi connectivity index (χ0) is 11.4. The van der Waals surface area contributed by atoms with Crippen LogP contribution in [0.2, 0.25) is 0 Å². The normalized spacial score (nSPS) is 30.8. The summed E-state index contributed by atoms with van der Waals surface area (Å²) < 4.78 is 0. The Bertz CT molecular complexity index is 175. The molecular weight excluding hydrogens is 184 g/mol. The third-order valence-electron chi connectivity index (χ3n) is 3.61. The second-order valence-electron chi connectivity index (χ2n) is 5.54. The lowest BCUT2D eigenvalue weighted by molar-refractivity contribution is 0.0905. The fourth-order valence-electron chi connectivity index (χ4n) is 2.53. The maximum Gasteiger partial charge on any atom is 0.0198 e. The van der Waals surface area contributed by atoms with Gasteiger partial charge in [0.1, 0.15) is 0 Å². The third kappa shape index (κ3) is 3.76. The van der Waals surface area contributed by atoms with Gasteiger partial charge < -0.3 is 5.32 Å². The quantitative estimate of drug-likeness (QED) is 0.770. The van der Waals surface area contributed by atoms with Crippen LogP contribution in [0.5, 0.6) is 0 Å². The minimum absolute atomic E-state index is 0.698. The molecule has 0 saturated carbocycles. The van der Waals surface area contributed by atoms with Gasteiger partial charge in [-0.2, -0.15) is 0 Å². The van der Waals surface area contributed by atoms with Crippen molar-refractivity contribution < 1.29 is 0 Å². The van der Waals surface area contributed by atoms with Crippen molar-refractivity contribution in [3.05, 3.63) is 0 Å². The molecule has 3 atom stereocenters. The van der Waals surface area contributed by atoms with Crippen molar-refractivity contribution in [1.82, 2.24) is 10.2 Å². The first-order chi connectivity index (χ1) is 7.04. The molecular formula is C13H28N2. The van der Waals surface area contributed by atoms with E-state index in [1.54, 1.807) is 0 Å². The second kappa shape index (κ2) is 5.86. The number of hydrogen-bond donors (Lipinski definition) is 1. The smallest absolute Gasteiger partial charge is 0.0198 e. The number of nitrogens with one attached hydrogen (secondary N) is 1. The van der Waals surface area contributed by atoms with Crippen LogP contribution >= 0.6 is 0 Å². The molecule has 0 aromatic rings. The van der Waals surface area contributed by atoms with Crippen LogP contribution in [0.25, 0.3) is 0 Å². The van der Waals surface area contributed by atoms with Crippen LogP contribution in [-0.2, 0) is 0 Å². The van der Waals surface area contributed by atoms with Crippen LogP contribution in [0.15, 0.2) is 0 Å². The van der Waals surface area contributed by atoms with Crippen LogP contribution in [0.1, 0.15) is 47.5 Å². The van der Waals surface area contributed by atoms with E-state index in [9.17, 15) is 0 Å². The predicted molar refractivity (Wildman–Crippen MR) is 67.2 cm³/mol. The second-order valence-corrected chi connectivity index (χ2v) is 5.54. The van der Waals surface area contributed by atoms with Gasteiger partial charge in [-0.15, -0.1) is 0 Å². The van der Waals surface area contributed by atoms with Crippen molar-refractivity contribution in [1.29, 1.82) is 0 Å². The van der Waals surface area contributed by atoms with Gasteiger partial charge in [0.05, 0.1) is 0 Å². The van der Waals surface area contributed by atoms with E-state index < -0.39 is 0 Å². The first-order valence-electron chi connectivity index (χ1n) is 6.53. The Morgan fingerprint density at radius 3 is 2.53 bits per heavy atom. The van der Waals surface area contributed by atoms with Crippen molar-refractivity contribution in [3.63, 3.8) is 0 Å². The summed E-state index contributed by atoms with van der Waals surface area (Å²) in [6.45, 7) is 14.0. The standard InChI is InChI=1S/C13H28N2/c1-6-11(4)15-9-13(7-10(2)3)14-8-12(15)5/h10-14H,6-9H2,1-5H3. The molecule has 15 heavy (non-hydrogen) atoms. The van der Waals surface area contributed by atoms with E-state index in [0.29, 0.717) is 12.1 Å². The predicted octanol–water partition coefficient (Wildman–Crippen LogP) is 2.49. The first-order valence-corrected chi connectivity index (χ1v) is 6.53. The Morgan fingerprint density at radius 1 is 1.33 bits per heavy atom. The van der Waals surface area contributed by atoms with Gasteiger partial charge in [0.2, 0.25) is 0 Å². The van der Waals surface area contributed by atoms with E-state index in [-0.39, 0.29) is 0 Å². The highest BCUT2D eigenvalue weighted by atomic mass is 15.2. The maximum atomic E-state index is 3.67. The lowest BCUT2D eigenvalue weighted by atomic mass is 9.98. The molecule has 1 aliphatic heterocycles. The molecule has 2 nitrogen and oxygen atoms in total. The minimum Gasteiger partial charge on any atom is -0.311 e. The lowest BCUT2D eigenvalue weighted by Crippen LogP contribution is -2.58. The number of rotatable bonds is 4. The molecule has 0 bridgehead atoms. The highest BCUT2D eigenvalue weighted by Gasteiger charge is 2.27. The largest absolute Gasteiger partial charge is 0.311 e. The zero-order valence-electron chi connectivity index (χ0n) is 11.1. The summed E-state index contributed by atoms with van der Waals surface area (Å²) in [5.41, 5.74) is 0. The summed E-state index contributed by atoms with van der Waals surface area (Å²) in [6, 6.07) is 2.13. The van der Waals surface area contributed by atoms with Gasteiger partial charge in [-0.05, 0) is 32.6 Å².